The van der Waals surface area contributed by atoms with Gasteiger partial charge in [-0.05, 0) is 29.8 Å². The Morgan fingerprint density at radius 2 is 1.88 bits per heavy atom. The fourth-order valence-electron chi connectivity index (χ4n) is 1.93. The van der Waals surface area contributed by atoms with E-state index in [0.29, 0.717) is 15.2 Å². The van der Waals surface area contributed by atoms with E-state index in [4.69, 9.17) is 15.2 Å². The lowest BCUT2D eigenvalue weighted by Crippen LogP contribution is -2.07. The summed E-state index contributed by atoms with van der Waals surface area (Å²) in [6, 6.07) is 16.9. The van der Waals surface area contributed by atoms with Crippen molar-refractivity contribution in [1.29, 1.82) is 0 Å². The van der Waals surface area contributed by atoms with Gasteiger partial charge in [-0.1, -0.05) is 53.4 Å². The maximum Gasteiger partial charge on any atom is 0.316 e. The molecule has 2 N–H and O–H groups in total. The van der Waals surface area contributed by atoms with Gasteiger partial charge in [0.05, 0.1) is 5.75 Å². The molecule has 25 heavy (non-hydrogen) atoms. The maximum absolute atomic E-state index is 11.8. The van der Waals surface area contributed by atoms with E-state index in [1.165, 1.54) is 23.1 Å². The van der Waals surface area contributed by atoms with Gasteiger partial charge in [0.15, 0.2) is 4.34 Å². The van der Waals surface area contributed by atoms with Crippen molar-refractivity contribution < 1.29 is 14.3 Å². The van der Waals surface area contributed by atoms with E-state index in [1.54, 1.807) is 0 Å². The molecule has 0 unspecified atom stereocenters. The van der Waals surface area contributed by atoms with E-state index >= 15 is 0 Å². The highest BCUT2D eigenvalue weighted by Gasteiger charge is 2.08. The van der Waals surface area contributed by atoms with Gasteiger partial charge in [0, 0.05) is 0 Å². The molecule has 0 radical (unpaired) electrons. The Morgan fingerprint density at radius 1 is 1.08 bits per heavy atom. The largest absolute Gasteiger partial charge is 0.460 e. The predicted molar refractivity (Wildman–Crippen MR) is 97.8 cm³/mol. The van der Waals surface area contributed by atoms with Crippen LogP contribution < -0.4 is 10.5 Å². The summed E-state index contributed by atoms with van der Waals surface area (Å²) in [6.45, 7) is 0.184. The molecule has 1 heterocycles. The molecule has 6 nitrogen and oxygen atoms in total. The van der Waals surface area contributed by atoms with Gasteiger partial charge >= 0.3 is 5.97 Å². The summed E-state index contributed by atoms with van der Waals surface area (Å²) >= 11 is 2.50. The number of aromatic nitrogens is 2. The van der Waals surface area contributed by atoms with Crippen molar-refractivity contribution in [2.45, 2.75) is 10.9 Å². The Labute approximate surface area is 153 Å². The molecule has 2 aromatic carbocycles. The molecule has 1 aromatic heterocycles. The molecule has 3 rings (SSSR count). The van der Waals surface area contributed by atoms with Gasteiger partial charge in [-0.3, -0.25) is 4.79 Å². The number of anilines is 1. The quantitative estimate of drug-likeness (QED) is 0.498. The summed E-state index contributed by atoms with van der Waals surface area (Å²) in [7, 11) is 0. The second-order valence-corrected chi connectivity index (χ2v) is 7.15. The predicted octanol–water partition coefficient (Wildman–Crippen LogP) is 3.75. The third-order valence-corrected chi connectivity index (χ3v) is 4.87. The van der Waals surface area contributed by atoms with E-state index in [-0.39, 0.29) is 18.3 Å². The van der Waals surface area contributed by atoms with E-state index in [2.05, 4.69) is 10.2 Å². The third kappa shape index (κ3) is 5.47. The first-order chi connectivity index (χ1) is 12.2. The maximum atomic E-state index is 11.8. The molecular formula is C17H15N3O3S2. The minimum Gasteiger partial charge on any atom is -0.460 e. The summed E-state index contributed by atoms with van der Waals surface area (Å²) < 4.78 is 11.7. The van der Waals surface area contributed by atoms with Crippen LogP contribution in [0.3, 0.4) is 0 Å². The zero-order valence-corrected chi connectivity index (χ0v) is 14.8. The molecular weight excluding hydrogens is 358 g/mol. The van der Waals surface area contributed by atoms with Crippen molar-refractivity contribution in [1.82, 2.24) is 10.2 Å². The molecule has 0 bridgehead atoms. The standard InChI is InChI=1S/C17H15N3O3S2/c18-16-19-20-17(25-16)24-11-15(21)22-10-12-5-4-8-14(9-12)23-13-6-2-1-3-7-13/h1-9H,10-11H2,(H2,18,19). The molecule has 0 saturated carbocycles. The van der Waals surface area contributed by atoms with Gasteiger partial charge in [0.25, 0.3) is 0 Å². The van der Waals surface area contributed by atoms with Gasteiger partial charge in [0.2, 0.25) is 5.13 Å². The van der Waals surface area contributed by atoms with E-state index < -0.39 is 0 Å². The molecule has 8 heteroatoms. The van der Waals surface area contributed by atoms with E-state index in [0.717, 1.165) is 11.3 Å². The number of hydrogen-bond donors (Lipinski definition) is 1. The van der Waals surface area contributed by atoms with Crippen LogP contribution in [0.4, 0.5) is 5.13 Å². The summed E-state index contributed by atoms with van der Waals surface area (Å²) in [4.78, 5) is 11.8. The summed E-state index contributed by atoms with van der Waals surface area (Å²) in [5.41, 5.74) is 6.35. The van der Waals surface area contributed by atoms with Gasteiger partial charge in [-0.15, -0.1) is 10.2 Å². The summed E-state index contributed by atoms with van der Waals surface area (Å²) in [6.07, 6.45) is 0. The molecule has 0 aliphatic heterocycles. The minimum absolute atomic E-state index is 0.162. The van der Waals surface area contributed by atoms with E-state index in [9.17, 15) is 4.79 Å². The van der Waals surface area contributed by atoms with Crippen molar-refractivity contribution >= 4 is 34.2 Å². The first-order valence-corrected chi connectivity index (χ1v) is 9.18. The molecule has 0 atom stereocenters. The molecule has 0 amide bonds. The lowest BCUT2D eigenvalue weighted by Gasteiger charge is -2.08. The number of carbonyl (C=O) groups is 1. The number of nitrogens with zero attached hydrogens (tertiary/aromatic N) is 2. The number of nitrogen functional groups attached to an aromatic ring is 1. The normalized spacial score (nSPS) is 10.4. The minimum atomic E-state index is -0.326. The molecule has 0 fully saturated rings. The highest BCUT2D eigenvalue weighted by molar-refractivity contribution is 8.01. The molecule has 0 aliphatic carbocycles. The van der Waals surface area contributed by atoms with Gasteiger partial charge in [-0.25, -0.2) is 0 Å². The Kier molecular flexibility index (Phi) is 5.86. The van der Waals surface area contributed by atoms with Crippen LogP contribution in [0.15, 0.2) is 58.9 Å². The zero-order chi connectivity index (χ0) is 17.5. The van der Waals surface area contributed by atoms with Crippen molar-refractivity contribution in [3.63, 3.8) is 0 Å². The number of benzene rings is 2. The molecule has 3 aromatic rings. The number of thioether (sulfide) groups is 1. The van der Waals surface area contributed by atoms with Crippen molar-refractivity contribution in [3.05, 3.63) is 60.2 Å². The molecule has 0 saturated heterocycles. The number of ether oxygens (including phenoxy) is 2. The number of para-hydroxylation sites is 1. The average Bonchev–Trinajstić information content (AvgIpc) is 3.05. The van der Waals surface area contributed by atoms with E-state index in [1.807, 2.05) is 54.6 Å². The SMILES string of the molecule is Nc1nnc(SCC(=O)OCc2cccc(Oc3ccccc3)c2)s1. The Balaban J connectivity index is 1.49. The fourth-order valence-corrected chi connectivity index (χ4v) is 3.36. The van der Waals surface area contributed by atoms with Crippen LogP contribution in [0.1, 0.15) is 5.56 Å². The molecule has 128 valence electrons. The highest BCUT2D eigenvalue weighted by atomic mass is 32.2. The fraction of sp³-hybridized carbons (Fsp3) is 0.118. The number of esters is 1. The number of rotatable bonds is 7. The number of nitrogens with two attached hydrogens (primary N) is 1. The average molecular weight is 373 g/mol. The summed E-state index contributed by atoms with van der Waals surface area (Å²) in [5.74, 6) is 1.28. The monoisotopic (exact) mass is 373 g/mol. The van der Waals surface area contributed by atoms with Crippen LogP contribution in [-0.4, -0.2) is 21.9 Å². The number of carbonyl (C=O) groups excluding carboxylic acids is 1. The second-order valence-electron chi connectivity index (χ2n) is 4.92. The van der Waals surface area contributed by atoms with Gasteiger partial charge < -0.3 is 15.2 Å². The summed E-state index contributed by atoms with van der Waals surface area (Å²) in [5, 5.41) is 7.91. The van der Waals surface area contributed by atoms with Crippen LogP contribution in [-0.2, 0) is 16.1 Å². The zero-order valence-electron chi connectivity index (χ0n) is 13.1. The lowest BCUT2D eigenvalue weighted by molar-refractivity contribution is -0.141. The molecule has 0 aliphatic rings. The van der Waals surface area contributed by atoms with Crippen molar-refractivity contribution in [3.8, 4) is 11.5 Å². The van der Waals surface area contributed by atoms with Gasteiger partial charge in [0.1, 0.15) is 18.1 Å². The van der Waals surface area contributed by atoms with Crippen LogP contribution in [0.2, 0.25) is 0 Å². The second kappa shape index (κ2) is 8.50. The number of hydrogen-bond acceptors (Lipinski definition) is 8. The highest BCUT2D eigenvalue weighted by Crippen LogP contribution is 2.24. The van der Waals surface area contributed by atoms with Crippen molar-refractivity contribution in [2.75, 3.05) is 11.5 Å². The van der Waals surface area contributed by atoms with Gasteiger partial charge in [-0.2, -0.15) is 0 Å². The van der Waals surface area contributed by atoms with Crippen LogP contribution >= 0.6 is 23.1 Å². The van der Waals surface area contributed by atoms with Crippen LogP contribution in [0.25, 0.3) is 0 Å². The Hall–Kier alpha value is -2.58. The lowest BCUT2D eigenvalue weighted by atomic mass is 10.2. The first kappa shape index (κ1) is 17.2. The van der Waals surface area contributed by atoms with Crippen LogP contribution in [0, 0.1) is 0 Å². The smallest absolute Gasteiger partial charge is 0.316 e. The topological polar surface area (TPSA) is 87.3 Å². The molecule has 0 spiro atoms. The third-order valence-electron chi connectivity index (χ3n) is 3.01. The Bertz CT molecular complexity index is 840. The van der Waals surface area contributed by atoms with Crippen molar-refractivity contribution in [2.24, 2.45) is 0 Å². The Morgan fingerprint density at radius 3 is 2.64 bits per heavy atom. The first-order valence-electron chi connectivity index (χ1n) is 7.38. The van der Waals surface area contributed by atoms with Crippen LogP contribution in [0.5, 0.6) is 11.5 Å².